The van der Waals surface area contributed by atoms with E-state index in [9.17, 15) is 0 Å². The molecule has 2 aromatic rings. The van der Waals surface area contributed by atoms with Crippen LogP contribution in [0.3, 0.4) is 0 Å². The van der Waals surface area contributed by atoms with Crippen LogP contribution in [0.4, 0.5) is 0 Å². The van der Waals surface area contributed by atoms with Crippen molar-refractivity contribution >= 4 is 0 Å². The van der Waals surface area contributed by atoms with Crippen molar-refractivity contribution in [2.45, 2.75) is 52.1 Å². The van der Waals surface area contributed by atoms with E-state index in [4.69, 9.17) is 0 Å². The Morgan fingerprint density at radius 1 is 1.43 bits per heavy atom. The Morgan fingerprint density at radius 3 is 3.00 bits per heavy atom. The first-order valence-corrected chi connectivity index (χ1v) is 7.89. The number of H-pyrrole nitrogens is 1. The van der Waals surface area contributed by atoms with Gasteiger partial charge < -0.3 is 4.98 Å². The monoisotopic (exact) mass is 287 g/mol. The lowest BCUT2D eigenvalue weighted by Crippen LogP contribution is -2.35. The summed E-state index contributed by atoms with van der Waals surface area (Å²) in [5.74, 6) is 1.68. The predicted molar refractivity (Wildman–Crippen MR) is 83.2 cm³/mol. The fourth-order valence-corrected chi connectivity index (χ4v) is 3.22. The quantitative estimate of drug-likeness (QED) is 0.940. The summed E-state index contributed by atoms with van der Waals surface area (Å²) < 4.78 is 2.13. The molecular weight excluding hydrogens is 262 g/mol. The maximum Gasteiger partial charge on any atom is 0.110 e. The molecule has 0 saturated carbocycles. The van der Waals surface area contributed by atoms with Gasteiger partial charge in [-0.2, -0.15) is 5.10 Å². The molecule has 3 rings (SSSR count). The summed E-state index contributed by atoms with van der Waals surface area (Å²) in [6.07, 6.45) is 6.31. The number of nitrogens with zero attached hydrogens (tertiary/aromatic N) is 4. The van der Waals surface area contributed by atoms with Crippen LogP contribution >= 0.6 is 0 Å². The van der Waals surface area contributed by atoms with Crippen molar-refractivity contribution in [2.75, 3.05) is 13.1 Å². The maximum absolute atomic E-state index is 4.52. The summed E-state index contributed by atoms with van der Waals surface area (Å²) in [4.78, 5) is 10.4. The van der Waals surface area contributed by atoms with Gasteiger partial charge in [-0.3, -0.25) is 9.58 Å². The van der Waals surface area contributed by atoms with Gasteiger partial charge in [0.15, 0.2) is 0 Å². The van der Waals surface area contributed by atoms with Crippen molar-refractivity contribution in [3.8, 4) is 0 Å². The lowest BCUT2D eigenvalue weighted by Gasteiger charge is -2.32. The van der Waals surface area contributed by atoms with E-state index < -0.39 is 0 Å². The largest absolute Gasteiger partial charge is 0.346 e. The number of aromatic amines is 1. The molecule has 5 heteroatoms. The molecule has 0 unspecified atom stereocenters. The van der Waals surface area contributed by atoms with Gasteiger partial charge in [0.2, 0.25) is 0 Å². The van der Waals surface area contributed by atoms with Gasteiger partial charge >= 0.3 is 0 Å². The molecule has 3 heterocycles. The Balaban J connectivity index is 1.67. The van der Waals surface area contributed by atoms with Crippen LogP contribution in [-0.4, -0.2) is 37.7 Å². The van der Waals surface area contributed by atoms with Crippen LogP contribution in [0.25, 0.3) is 0 Å². The number of hydrogen-bond acceptors (Lipinski definition) is 3. The lowest BCUT2D eigenvalue weighted by molar-refractivity contribution is 0.191. The third-order valence-corrected chi connectivity index (χ3v) is 4.24. The molecule has 0 spiro atoms. The third kappa shape index (κ3) is 3.18. The van der Waals surface area contributed by atoms with Crippen LogP contribution in [0.5, 0.6) is 0 Å². The van der Waals surface area contributed by atoms with Gasteiger partial charge in [-0.15, -0.1) is 0 Å². The zero-order valence-electron chi connectivity index (χ0n) is 13.2. The Labute approximate surface area is 126 Å². The van der Waals surface area contributed by atoms with E-state index in [1.807, 2.05) is 12.4 Å². The molecule has 2 aromatic heterocycles. The Morgan fingerprint density at radius 2 is 2.29 bits per heavy atom. The summed E-state index contributed by atoms with van der Waals surface area (Å²) in [5, 5.41) is 4.43. The first kappa shape index (κ1) is 14.3. The Kier molecular flexibility index (Phi) is 4.10. The molecule has 5 nitrogen and oxygen atoms in total. The molecule has 0 aliphatic carbocycles. The molecule has 1 atom stereocenters. The molecule has 114 valence electrons. The number of aryl methyl sites for hydroxylation is 1. The number of nitrogens with one attached hydrogen (secondary N) is 1. The van der Waals surface area contributed by atoms with Gasteiger partial charge in [0.1, 0.15) is 5.82 Å². The summed E-state index contributed by atoms with van der Waals surface area (Å²) in [6, 6.07) is 2.56. The number of hydrogen-bond donors (Lipinski definition) is 1. The van der Waals surface area contributed by atoms with Crippen LogP contribution in [0.15, 0.2) is 18.5 Å². The maximum atomic E-state index is 4.52. The van der Waals surface area contributed by atoms with Crippen LogP contribution in [0.2, 0.25) is 0 Å². The molecule has 21 heavy (non-hydrogen) atoms. The summed E-state index contributed by atoms with van der Waals surface area (Å²) in [6.45, 7) is 9.66. The minimum atomic E-state index is 0.420. The number of likely N-dealkylation sites (tertiary alicyclic amines) is 1. The van der Waals surface area contributed by atoms with Gasteiger partial charge in [-0.25, -0.2) is 4.98 Å². The second-order valence-corrected chi connectivity index (χ2v) is 6.39. The van der Waals surface area contributed by atoms with Crippen molar-refractivity contribution < 1.29 is 0 Å². The average Bonchev–Trinajstić information content (AvgIpc) is 3.08. The van der Waals surface area contributed by atoms with E-state index >= 15 is 0 Å². The van der Waals surface area contributed by atoms with E-state index in [1.165, 1.54) is 25.1 Å². The topological polar surface area (TPSA) is 49.7 Å². The molecule has 1 saturated heterocycles. The third-order valence-electron chi connectivity index (χ3n) is 4.24. The molecular formula is C16H25N5. The van der Waals surface area contributed by atoms with Crippen LogP contribution < -0.4 is 0 Å². The SMILES string of the molecule is Cc1cnc([C@@H]2CCCN(Cc3ccnn3C(C)C)C2)[nH]1. The standard InChI is InChI=1S/C16H25N5/c1-12(2)21-15(6-7-18-21)11-20-8-4-5-14(10-20)16-17-9-13(3)19-16/h6-7,9,12,14H,4-5,8,10-11H2,1-3H3,(H,17,19)/t14-/m1/s1. The zero-order valence-corrected chi connectivity index (χ0v) is 13.2. The summed E-state index contributed by atoms with van der Waals surface area (Å²) >= 11 is 0. The summed E-state index contributed by atoms with van der Waals surface area (Å²) in [5.41, 5.74) is 2.46. The van der Waals surface area contributed by atoms with Crippen molar-refractivity contribution in [1.82, 2.24) is 24.6 Å². The van der Waals surface area contributed by atoms with Crippen molar-refractivity contribution in [3.05, 3.63) is 35.7 Å². The molecule has 0 aromatic carbocycles. The number of aromatic nitrogens is 4. The van der Waals surface area contributed by atoms with E-state index in [0.717, 1.165) is 24.6 Å². The lowest BCUT2D eigenvalue weighted by atomic mass is 9.97. The van der Waals surface area contributed by atoms with Gasteiger partial charge in [0.05, 0.1) is 5.69 Å². The van der Waals surface area contributed by atoms with E-state index in [2.05, 4.69) is 51.5 Å². The number of piperidine rings is 1. The second-order valence-electron chi connectivity index (χ2n) is 6.39. The first-order chi connectivity index (χ1) is 10.1. The van der Waals surface area contributed by atoms with Crippen molar-refractivity contribution in [2.24, 2.45) is 0 Å². The van der Waals surface area contributed by atoms with E-state index in [1.54, 1.807) is 0 Å². The molecule has 0 amide bonds. The predicted octanol–water partition coefficient (Wildman–Crippen LogP) is 2.88. The minimum absolute atomic E-state index is 0.420. The first-order valence-electron chi connectivity index (χ1n) is 7.89. The number of imidazole rings is 1. The second kappa shape index (κ2) is 6.02. The molecule has 1 aliphatic heterocycles. The van der Waals surface area contributed by atoms with E-state index in [-0.39, 0.29) is 0 Å². The van der Waals surface area contributed by atoms with Crippen LogP contribution in [0.1, 0.15) is 55.9 Å². The molecule has 1 N–H and O–H groups in total. The highest BCUT2D eigenvalue weighted by atomic mass is 15.3. The Hall–Kier alpha value is -1.62. The van der Waals surface area contributed by atoms with Gasteiger partial charge in [0, 0.05) is 43.1 Å². The van der Waals surface area contributed by atoms with Crippen LogP contribution in [0, 0.1) is 6.92 Å². The van der Waals surface area contributed by atoms with E-state index in [0.29, 0.717) is 12.0 Å². The highest BCUT2D eigenvalue weighted by Gasteiger charge is 2.24. The zero-order chi connectivity index (χ0) is 14.8. The summed E-state index contributed by atoms with van der Waals surface area (Å²) in [7, 11) is 0. The highest BCUT2D eigenvalue weighted by Crippen LogP contribution is 2.26. The highest BCUT2D eigenvalue weighted by molar-refractivity contribution is 5.07. The van der Waals surface area contributed by atoms with Crippen molar-refractivity contribution in [3.63, 3.8) is 0 Å². The van der Waals surface area contributed by atoms with Crippen LogP contribution in [-0.2, 0) is 6.54 Å². The van der Waals surface area contributed by atoms with Gasteiger partial charge in [0.25, 0.3) is 0 Å². The van der Waals surface area contributed by atoms with Gasteiger partial charge in [-0.1, -0.05) is 0 Å². The average molecular weight is 287 g/mol. The molecule has 0 radical (unpaired) electrons. The molecule has 1 fully saturated rings. The minimum Gasteiger partial charge on any atom is -0.346 e. The van der Waals surface area contributed by atoms with Crippen molar-refractivity contribution in [1.29, 1.82) is 0 Å². The molecule has 1 aliphatic rings. The van der Waals surface area contributed by atoms with Gasteiger partial charge in [-0.05, 0) is 46.2 Å². The fraction of sp³-hybridized carbons (Fsp3) is 0.625. The Bertz CT molecular complexity index is 583. The fourth-order valence-electron chi connectivity index (χ4n) is 3.22. The molecule has 0 bridgehead atoms. The smallest absolute Gasteiger partial charge is 0.110 e. The number of rotatable bonds is 4. The normalized spacial score (nSPS) is 20.3.